The van der Waals surface area contributed by atoms with Crippen LogP contribution in [-0.4, -0.2) is 62.3 Å². The molecule has 1 atom stereocenters. The average molecular weight is 557 g/mol. The van der Waals surface area contributed by atoms with Crippen LogP contribution in [0.25, 0.3) is 0 Å². The van der Waals surface area contributed by atoms with Gasteiger partial charge < -0.3 is 20.1 Å². The maximum absolute atomic E-state index is 13.4. The Morgan fingerprint density at radius 1 is 1.19 bits per heavy atom. The summed E-state index contributed by atoms with van der Waals surface area (Å²) in [6, 6.07) is 10.7. The molecule has 32 heavy (non-hydrogen) atoms. The zero-order valence-corrected chi connectivity index (χ0v) is 21.1. The van der Waals surface area contributed by atoms with Gasteiger partial charge in [-0.1, -0.05) is 25.1 Å². The molecule has 1 aromatic heterocycles. The number of pyridine rings is 1. The molecule has 1 saturated heterocycles. The number of aromatic nitrogens is 1. The lowest BCUT2D eigenvalue weighted by Crippen LogP contribution is -2.46. The summed E-state index contributed by atoms with van der Waals surface area (Å²) in [5.41, 5.74) is 2.10. The van der Waals surface area contributed by atoms with Crippen LogP contribution in [-0.2, 0) is 11.3 Å². The van der Waals surface area contributed by atoms with Gasteiger partial charge in [0.25, 0.3) is 0 Å². The van der Waals surface area contributed by atoms with Crippen molar-refractivity contribution in [2.24, 2.45) is 4.99 Å². The van der Waals surface area contributed by atoms with Crippen LogP contribution >= 0.6 is 24.0 Å². The number of nitrogens with one attached hydrogen (secondary N) is 2. The third-order valence-corrected chi connectivity index (χ3v) is 5.14. The number of rotatable bonds is 9. The zero-order chi connectivity index (χ0) is 21.9. The lowest BCUT2D eigenvalue weighted by molar-refractivity contribution is 0.0170. The molecule has 0 saturated carbocycles. The Hall–Kier alpha value is -1.98. The second-order valence-corrected chi connectivity index (χ2v) is 7.38. The zero-order valence-electron chi connectivity index (χ0n) is 18.7. The predicted octanol–water partition coefficient (Wildman–Crippen LogP) is 3.37. The molecule has 7 nitrogen and oxygen atoms in total. The molecule has 2 aromatic rings. The fraction of sp³-hybridized carbons (Fsp3) is 0.478. The molecule has 9 heteroatoms. The van der Waals surface area contributed by atoms with E-state index in [-0.39, 0.29) is 35.8 Å². The first-order chi connectivity index (χ1) is 15.2. The largest absolute Gasteiger partial charge is 0.478 e. The lowest BCUT2D eigenvalue weighted by atomic mass is 10.0. The Morgan fingerprint density at radius 2 is 1.94 bits per heavy atom. The number of halogens is 2. The first kappa shape index (κ1) is 26.3. The smallest absolute Gasteiger partial charge is 0.213 e. The molecular formula is C23H33FIN5O2. The van der Waals surface area contributed by atoms with E-state index in [1.165, 1.54) is 12.1 Å². The number of aliphatic imine (C=N–C) groups is 1. The van der Waals surface area contributed by atoms with Gasteiger partial charge in [0.1, 0.15) is 5.82 Å². The van der Waals surface area contributed by atoms with Crippen molar-refractivity contribution >= 4 is 29.9 Å². The van der Waals surface area contributed by atoms with Crippen molar-refractivity contribution in [1.82, 2.24) is 20.5 Å². The molecular weight excluding hydrogens is 524 g/mol. The summed E-state index contributed by atoms with van der Waals surface area (Å²) in [5, 5.41) is 6.73. The van der Waals surface area contributed by atoms with Gasteiger partial charge in [0.2, 0.25) is 5.88 Å². The van der Waals surface area contributed by atoms with Crippen molar-refractivity contribution in [1.29, 1.82) is 0 Å². The fourth-order valence-electron chi connectivity index (χ4n) is 3.44. The van der Waals surface area contributed by atoms with Gasteiger partial charge in [0.15, 0.2) is 5.96 Å². The van der Waals surface area contributed by atoms with E-state index in [1.54, 1.807) is 13.2 Å². The van der Waals surface area contributed by atoms with Crippen molar-refractivity contribution in [2.75, 3.05) is 46.5 Å². The van der Waals surface area contributed by atoms with E-state index in [0.29, 0.717) is 44.7 Å². The van der Waals surface area contributed by atoms with Gasteiger partial charge in [-0.2, -0.15) is 0 Å². The minimum Gasteiger partial charge on any atom is -0.478 e. The van der Waals surface area contributed by atoms with E-state index in [1.807, 2.05) is 24.3 Å². The Kier molecular flexibility index (Phi) is 11.7. The van der Waals surface area contributed by atoms with Crippen LogP contribution in [0.15, 0.2) is 47.6 Å². The monoisotopic (exact) mass is 557 g/mol. The third kappa shape index (κ3) is 8.18. The molecule has 0 spiro atoms. The summed E-state index contributed by atoms with van der Waals surface area (Å²) >= 11 is 0. The quantitative estimate of drug-likeness (QED) is 0.280. The number of ether oxygens (including phenoxy) is 2. The van der Waals surface area contributed by atoms with Crippen LogP contribution in [0, 0.1) is 5.82 Å². The Morgan fingerprint density at radius 3 is 2.56 bits per heavy atom. The van der Waals surface area contributed by atoms with E-state index in [4.69, 9.17) is 9.47 Å². The topological polar surface area (TPSA) is 71.0 Å². The number of morpholine rings is 1. The molecule has 176 valence electrons. The lowest BCUT2D eigenvalue weighted by Gasteiger charge is -2.35. The normalized spacial score (nSPS) is 15.5. The fourth-order valence-corrected chi connectivity index (χ4v) is 3.44. The molecule has 2 heterocycles. The van der Waals surface area contributed by atoms with Crippen LogP contribution < -0.4 is 15.4 Å². The maximum Gasteiger partial charge on any atom is 0.213 e. The van der Waals surface area contributed by atoms with Crippen LogP contribution in [0.3, 0.4) is 0 Å². The molecule has 1 aliphatic heterocycles. The van der Waals surface area contributed by atoms with Gasteiger partial charge in [-0.3, -0.25) is 9.89 Å². The number of hydrogen-bond donors (Lipinski definition) is 2. The molecule has 0 aliphatic carbocycles. The van der Waals surface area contributed by atoms with Gasteiger partial charge in [0, 0.05) is 45.5 Å². The highest BCUT2D eigenvalue weighted by molar-refractivity contribution is 14.0. The molecule has 0 radical (unpaired) electrons. The number of benzene rings is 1. The standard InChI is InChI=1S/C23H32FN5O2.HI/c1-3-12-31-22-9-4-18(15-26-22)16-27-23(25-2)28-17-21(29-10-13-30-14-11-29)19-5-7-20(24)8-6-19;/h4-9,15,21H,3,10-14,16-17H2,1-2H3,(H2,25,27,28);1H. The second-order valence-electron chi connectivity index (χ2n) is 7.38. The van der Waals surface area contributed by atoms with E-state index >= 15 is 0 Å². The van der Waals surface area contributed by atoms with E-state index in [0.717, 1.165) is 30.6 Å². The van der Waals surface area contributed by atoms with E-state index in [9.17, 15) is 4.39 Å². The first-order valence-corrected chi connectivity index (χ1v) is 10.8. The van der Waals surface area contributed by atoms with Crippen molar-refractivity contribution in [3.8, 4) is 5.88 Å². The molecule has 3 rings (SSSR count). The summed E-state index contributed by atoms with van der Waals surface area (Å²) < 4.78 is 24.4. The first-order valence-electron chi connectivity index (χ1n) is 10.8. The highest BCUT2D eigenvalue weighted by Crippen LogP contribution is 2.21. The summed E-state index contributed by atoms with van der Waals surface area (Å²) in [6.45, 7) is 7.07. The van der Waals surface area contributed by atoms with Crippen molar-refractivity contribution < 1.29 is 13.9 Å². The van der Waals surface area contributed by atoms with Gasteiger partial charge >= 0.3 is 0 Å². The van der Waals surface area contributed by atoms with Crippen LogP contribution in [0.4, 0.5) is 4.39 Å². The van der Waals surface area contributed by atoms with Crippen molar-refractivity contribution in [3.63, 3.8) is 0 Å². The van der Waals surface area contributed by atoms with Gasteiger partial charge in [-0.05, 0) is 29.7 Å². The van der Waals surface area contributed by atoms with Crippen LogP contribution in [0.1, 0.15) is 30.5 Å². The van der Waals surface area contributed by atoms with Crippen molar-refractivity contribution in [3.05, 3.63) is 59.5 Å². The number of nitrogens with zero attached hydrogens (tertiary/aromatic N) is 3. The highest BCUT2D eigenvalue weighted by atomic mass is 127. The Balaban J connectivity index is 0.00000363. The summed E-state index contributed by atoms with van der Waals surface area (Å²) in [5.74, 6) is 1.11. The molecule has 0 amide bonds. The molecule has 1 fully saturated rings. The summed E-state index contributed by atoms with van der Waals surface area (Å²) in [6.07, 6.45) is 2.76. The van der Waals surface area contributed by atoms with E-state index in [2.05, 4.69) is 32.4 Å². The summed E-state index contributed by atoms with van der Waals surface area (Å²) in [4.78, 5) is 11.0. The predicted molar refractivity (Wildman–Crippen MR) is 135 cm³/mol. The molecule has 0 bridgehead atoms. The van der Waals surface area contributed by atoms with Crippen LogP contribution in [0.5, 0.6) is 5.88 Å². The van der Waals surface area contributed by atoms with Crippen molar-refractivity contribution in [2.45, 2.75) is 25.9 Å². The van der Waals surface area contributed by atoms with Gasteiger partial charge in [-0.25, -0.2) is 9.37 Å². The number of guanidine groups is 1. The minimum absolute atomic E-state index is 0. The maximum atomic E-state index is 13.4. The molecule has 1 aliphatic rings. The second kappa shape index (κ2) is 14.2. The highest BCUT2D eigenvalue weighted by Gasteiger charge is 2.23. The van der Waals surface area contributed by atoms with Gasteiger partial charge in [-0.15, -0.1) is 24.0 Å². The minimum atomic E-state index is -0.227. The Labute approximate surface area is 206 Å². The molecule has 2 N–H and O–H groups in total. The SMILES string of the molecule is CCCOc1ccc(CNC(=NC)NCC(c2ccc(F)cc2)N2CCOCC2)cn1.I. The Bertz CT molecular complexity index is 814. The molecule has 1 aromatic carbocycles. The third-order valence-electron chi connectivity index (χ3n) is 5.14. The molecule has 1 unspecified atom stereocenters. The van der Waals surface area contributed by atoms with Gasteiger partial charge in [0.05, 0.1) is 25.9 Å². The van der Waals surface area contributed by atoms with Crippen LogP contribution in [0.2, 0.25) is 0 Å². The van der Waals surface area contributed by atoms with E-state index < -0.39 is 0 Å². The average Bonchev–Trinajstić information content (AvgIpc) is 2.82. The summed E-state index contributed by atoms with van der Waals surface area (Å²) in [7, 11) is 1.75. The number of hydrogen-bond acceptors (Lipinski definition) is 5.